The average molecular weight is 585 g/mol. The molecule has 2 aromatic carbocycles. The van der Waals surface area contributed by atoms with Gasteiger partial charge >= 0.3 is 0 Å². The van der Waals surface area contributed by atoms with E-state index in [9.17, 15) is 18.3 Å². The van der Waals surface area contributed by atoms with E-state index in [0.717, 1.165) is 42.8 Å². The molecule has 2 bridgehead atoms. The van der Waals surface area contributed by atoms with Gasteiger partial charge in [-0.2, -0.15) is 0 Å². The normalized spacial score (nSPS) is 32.5. The summed E-state index contributed by atoms with van der Waals surface area (Å²) in [6.07, 6.45) is 8.80. The summed E-state index contributed by atoms with van der Waals surface area (Å²) >= 11 is 6.38. The maximum absolute atomic E-state index is 13.1. The van der Waals surface area contributed by atoms with Crippen molar-refractivity contribution in [2.75, 3.05) is 30.3 Å². The van der Waals surface area contributed by atoms with Crippen molar-refractivity contribution in [2.45, 2.75) is 63.4 Å². The number of aliphatic hydroxyl groups is 1. The summed E-state index contributed by atoms with van der Waals surface area (Å²) in [4.78, 5) is 15.4. The monoisotopic (exact) mass is 584 g/mol. The van der Waals surface area contributed by atoms with Crippen LogP contribution >= 0.6 is 11.6 Å². The zero-order valence-corrected chi connectivity index (χ0v) is 24.4. The Labute approximate surface area is 241 Å². The lowest BCUT2D eigenvalue weighted by atomic mass is 9.57. The van der Waals surface area contributed by atoms with E-state index in [4.69, 9.17) is 16.3 Å². The highest BCUT2D eigenvalue weighted by atomic mass is 35.5. The summed E-state index contributed by atoms with van der Waals surface area (Å²) in [5.41, 5.74) is 3.07. The smallest absolute Gasteiger partial charge is 0.264 e. The minimum atomic E-state index is -3.81. The molecule has 0 saturated heterocycles. The molecule has 214 valence electrons. The number of hydrogen-bond acceptors (Lipinski definition) is 6. The third-order valence-electron chi connectivity index (χ3n) is 9.79. The van der Waals surface area contributed by atoms with Crippen molar-refractivity contribution < 1.29 is 23.1 Å². The molecule has 2 N–H and O–H groups in total. The van der Waals surface area contributed by atoms with Crippen LogP contribution in [0.3, 0.4) is 0 Å². The van der Waals surface area contributed by atoms with Crippen LogP contribution in [0.5, 0.6) is 5.75 Å². The summed E-state index contributed by atoms with van der Waals surface area (Å²) in [6.45, 7) is 4.07. The van der Waals surface area contributed by atoms with Crippen molar-refractivity contribution in [3.63, 3.8) is 0 Å². The van der Waals surface area contributed by atoms with E-state index in [2.05, 4.69) is 28.7 Å². The van der Waals surface area contributed by atoms with Gasteiger partial charge < -0.3 is 14.7 Å². The van der Waals surface area contributed by atoms with Gasteiger partial charge in [0.1, 0.15) is 5.75 Å². The lowest BCUT2D eigenvalue weighted by molar-refractivity contribution is -0.0695. The fraction of sp³-hybridized carbons (Fsp3) is 0.516. The van der Waals surface area contributed by atoms with Crippen LogP contribution in [0.25, 0.3) is 0 Å². The molecule has 2 aliphatic heterocycles. The first-order chi connectivity index (χ1) is 19.1. The van der Waals surface area contributed by atoms with Gasteiger partial charge in [-0.15, -0.1) is 0 Å². The van der Waals surface area contributed by atoms with E-state index in [0.29, 0.717) is 31.9 Å². The first-order valence-electron chi connectivity index (χ1n) is 14.3. The Balaban J connectivity index is 1.43. The number of hydrogen-bond donors (Lipinski definition) is 2. The van der Waals surface area contributed by atoms with Gasteiger partial charge in [0.25, 0.3) is 5.91 Å². The molecule has 6 rings (SSSR count). The van der Waals surface area contributed by atoms with Crippen LogP contribution in [0, 0.1) is 11.3 Å². The van der Waals surface area contributed by atoms with Crippen LogP contribution in [-0.2, 0) is 21.9 Å². The SMILES string of the molecule is C[C@]12CC[C@@H]1CN1C[C@@]3(CCCc4cc(Cl)ccc43)COc3ccc(cc31)C(=O)NS(=O)(=O)CC/C=C/C[C@@H]2O. The molecule has 7 nitrogen and oxygen atoms in total. The van der Waals surface area contributed by atoms with Crippen molar-refractivity contribution in [1.82, 2.24) is 4.72 Å². The highest BCUT2D eigenvalue weighted by Crippen LogP contribution is 2.52. The number of halogens is 1. The molecule has 0 unspecified atom stereocenters. The second-order valence-electron chi connectivity index (χ2n) is 12.3. The molecule has 0 radical (unpaired) electrons. The van der Waals surface area contributed by atoms with Crippen LogP contribution < -0.4 is 14.4 Å². The molecule has 0 aromatic heterocycles. The predicted octanol–water partition coefficient (Wildman–Crippen LogP) is 5.00. The molecule has 1 amide bonds. The Hall–Kier alpha value is -2.55. The van der Waals surface area contributed by atoms with Crippen molar-refractivity contribution in [3.8, 4) is 5.75 Å². The fourth-order valence-corrected chi connectivity index (χ4v) is 8.29. The van der Waals surface area contributed by atoms with E-state index in [1.54, 1.807) is 24.3 Å². The number of anilines is 1. The molecular weight excluding hydrogens is 548 g/mol. The highest BCUT2D eigenvalue weighted by molar-refractivity contribution is 7.90. The molecule has 1 spiro atoms. The van der Waals surface area contributed by atoms with Crippen LogP contribution in [0.15, 0.2) is 48.6 Å². The number of benzene rings is 2. The third kappa shape index (κ3) is 5.03. The number of sulfonamides is 1. The standard InChI is InChI=1S/C31H37ClN2O5S/c1-30-14-12-23(30)18-34-19-31(13-5-6-21-16-24(32)9-10-25(21)31)20-39-27-11-8-22(17-26(27)34)29(36)33-40(37,38)15-4-2-3-7-28(30)35/h2-3,8-11,16-17,23,28,35H,4-7,12-15,18-20H2,1H3,(H,33,36)/b3-2+/t23-,28+,30+,31+/m1/s1. The van der Waals surface area contributed by atoms with E-state index < -0.39 is 22.0 Å². The number of nitrogens with one attached hydrogen (secondary N) is 1. The van der Waals surface area contributed by atoms with Gasteiger partial charge in [0.2, 0.25) is 10.0 Å². The predicted molar refractivity (Wildman–Crippen MR) is 157 cm³/mol. The zero-order valence-electron chi connectivity index (χ0n) is 22.9. The molecule has 4 aliphatic rings. The maximum Gasteiger partial charge on any atom is 0.264 e. The van der Waals surface area contributed by atoms with E-state index >= 15 is 0 Å². The lowest BCUT2D eigenvalue weighted by Gasteiger charge is -2.52. The first-order valence-corrected chi connectivity index (χ1v) is 16.3. The maximum atomic E-state index is 13.1. The van der Waals surface area contributed by atoms with Crippen molar-refractivity contribution in [3.05, 3.63) is 70.3 Å². The van der Waals surface area contributed by atoms with E-state index in [1.165, 1.54) is 11.1 Å². The molecule has 1 fully saturated rings. The highest BCUT2D eigenvalue weighted by Gasteiger charge is 2.49. The number of allylic oxidation sites excluding steroid dienone is 1. The lowest BCUT2D eigenvalue weighted by Crippen LogP contribution is -2.53. The van der Waals surface area contributed by atoms with Crippen LogP contribution in [-0.4, -0.2) is 51.0 Å². The average Bonchev–Trinajstić information content (AvgIpc) is 3.06. The number of nitrogens with zero attached hydrogens (tertiary/aromatic N) is 1. The third-order valence-corrected chi connectivity index (χ3v) is 11.3. The van der Waals surface area contributed by atoms with Crippen molar-refractivity contribution in [2.24, 2.45) is 11.3 Å². The van der Waals surface area contributed by atoms with Crippen LogP contribution in [0.2, 0.25) is 5.02 Å². The molecule has 9 heteroatoms. The Morgan fingerprint density at radius 3 is 2.80 bits per heavy atom. The Kier molecular flexibility index (Phi) is 7.16. The molecule has 1 saturated carbocycles. The van der Waals surface area contributed by atoms with Gasteiger partial charge in [0.15, 0.2) is 0 Å². The Morgan fingerprint density at radius 1 is 1.15 bits per heavy atom. The fourth-order valence-electron chi connectivity index (χ4n) is 7.15. The van der Waals surface area contributed by atoms with Gasteiger partial charge in [0, 0.05) is 29.1 Å². The molecule has 2 aromatic rings. The van der Waals surface area contributed by atoms with Crippen molar-refractivity contribution in [1.29, 1.82) is 0 Å². The number of amides is 1. The molecule has 2 aliphatic carbocycles. The summed E-state index contributed by atoms with van der Waals surface area (Å²) < 4.78 is 34.0. The number of ether oxygens (including phenoxy) is 1. The largest absolute Gasteiger partial charge is 0.490 e. The van der Waals surface area contributed by atoms with Gasteiger partial charge in [-0.1, -0.05) is 36.7 Å². The number of carbonyl (C=O) groups excluding carboxylic acids is 1. The molecule has 2 heterocycles. The van der Waals surface area contributed by atoms with Gasteiger partial charge in [-0.25, -0.2) is 13.1 Å². The van der Waals surface area contributed by atoms with Gasteiger partial charge in [0.05, 0.1) is 24.2 Å². The topological polar surface area (TPSA) is 95.9 Å². The van der Waals surface area contributed by atoms with Gasteiger partial charge in [-0.3, -0.25) is 4.79 Å². The molecular formula is C31H37ClN2O5S. The van der Waals surface area contributed by atoms with E-state index in [1.807, 2.05) is 12.1 Å². The van der Waals surface area contributed by atoms with E-state index in [-0.39, 0.29) is 34.5 Å². The van der Waals surface area contributed by atoms with Gasteiger partial charge in [-0.05, 0) is 97.7 Å². The minimum absolute atomic E-state index is 0.197. The second-order valence-corrected chi connectivity index (χ2v) is 14.6. The summed E-state index contributed by atoms with van der Waals surface area (Å²) in [5.74, 6) is 0.109. The Morgan fingerprint density at radius 2 is 2.00 bits per heavy atom. The number of rotatable bonds is 0. The number of aryl methyl sites for hydroxylation is 1. The minimum Gasteiger partial charge on any atom is -0.490 e. The second kappa shape index (κ2) is 10.4. The zero-order chi connectivity index (χ0) is 28.1. The quantitative estimate of drug-likeness (QED) is 0.423. The number of aliphatic hydroxyl groups excluding tert-OH is 1. The molecule has 4 atom stereocenters. The Bertz CT molecular complexity index is 1460. The number of carbonyl (C=O) groups is 1. The molecule has 40 heavy (non-hydrogen) atoms. The van der Waals surface area contributed by atoms with Crippen LogP contribution in [0.1, 0.15) is 66.9 Å². The summed E-state index contributed by atoms with van der Waals surface area (Å²) in [5, 5.41) is 12.0. The first kappa shape index (κ1) is 27.6. The number of fused-ring (bicyclic) bond motifs is 4. The summed E-state index contributed by atoms with van der Waals surface area (Å²) in [7, 11) is -3.81. The van der Waals surface area contributed by atoms with Crippen LogP contribution in [0.4, 0.5) is 5.69 Å². The van der Waals surface area contributed by atoms with Crippen molar-refractivity contribution >= 4 is 33.2 Å². The summed E-state index contributed by atoms with van der Waals surface area (Å²) in [6, 6.07) is 11.3.